The Morgan fingerprint density at radius 1 is 1.27 bits per heavy atom. The number of nitrogens with zero attached hydrogens (tertiary/aromatic N) is 1. The Bertz CT molecular complexity index is 891. The van der Waals surface area contributed by atoms with E-state index in [1.807, 2.05) is 25.1 Å². The number of hydrogen-bond donors (Lipinski definition) is 1. The fourth-order valence-electron chi connectivity index (χ4n) is 3.99. The molecular weight excluding hydrogens is 408 g/mol. The Morgan fingerprint density at radius 2 is 2.00 bits per heavy atom. The van der Waals surface area contributed by atoms with E-state index >= 15 is 0 Å². The van der Waals surface area contributed by atoms with Crippen LogP contribution < -0.4 is 4.74 Å². The van der Waals surface area contributed by atoms with Crippen molar-refractivity contribution < 1.29 is 23.4 Å². The number of carboxylic acid groups (broad SMARTS) is 1. The van der Waals surface area contributed by atoms with Gasteiger partial charge in [0.1, 0.15) is 5.75 Å². The summed E-state index contributed by atoms with van der Waals surface area (Å²) in [7, 11) is 0. The van der Waals surface area contributed by atoms with Gasteiger partial charge in [0.25, 0.3) is 0 Å². The molecule has 1 aromatic heterocycles. The quantitative estimate of drug-likeness (QED) is 0.612. The number of aryl methyl sites for hydroxylation is 1. The van der Waals surface area contributed by atoms with Crippen LogP contribution in [-0.2, 0) is 11.3 Å². The largest absolute Gasteiger partial charge is 0.481 e. The molecule has 1 saturated heterocycles. The minimum Gasteiger partial charge on any atom is -0.481 e. The van der Waals surface area contributed by atoms with Gasteiger partial charge < -0.3 is 9.84 Å². The lowest BCUT2D eigenvalue weighted by Gasteiger charge is -2.42. The number of hydrogen-bond acceptors (Lipinski definition) is 4. The number of carboxylic acids is 1. The van der Waals surface area contributed by atoms with Gasteiger partial charge in [-0.1, -0.05) is 32.4 Å². The Labute approximate surface area is 180 Å². The Hall–Kier alpha value is -1.99. The van der Waals surface area contributed by atoms with Gasteiger partial charge in [0, 0.05) is 35.0 Å². The summed E-state index contributed by atoms with van der Waals surface area (Å²) in [6.07, 6.45) is 0.697. The number of rotatable bonds is 6. The molecule has 1 N–H and O–H groups in total. The van der Waals surface area contributed by atoms with Crippen LogP contribution in [-0.4, -0.2) is 35.7 Å². The summed E-state index contributed by atoms with van der Waals surface area (Å²) < 4.78 is 30.3. The zero-order valence-corrected chi connectivity index (χ0v) is 18.6. The van der Waals surface area contributed by atoms with Crippen LogP contribution in [0.15, 0.2) is 30.3 Å². The Morgan fingerprint density at radius 3 is 2.63 bits per heavy atom. The van der Waals surface area contributed by atoms with Crippen molar-refractivity contribution in [2.75, 3.05) is 13.1 Å². The second kappa shape index (κ2) is 9.02. The second-order valence-electron chi connectivity index (χ2n) is 9.17. The molecule has 2 heterocycles. The molecule has 1 fully saturated rings. The summed E-state index contributed by atoms with van der Waals surface area (Å²) in [4.78, 5) is 15.8. The molecule has 30 heavy (non-hydrogen) atoms. The second-order valence-corrected chi connectivity index (χ2v) is 10.3. The maximum atomic E-state index is 12.8. The van der Waals surface area contributed by atoms with Gasteiger partial charge in [-0.05, 0) is 48.9 Å². The van der Waals surface area contributed by atoms with Gasteiger partial charge >= 0.3 is 12.6 Å². The van der Waals surface area contributed by atoms with Crippen LogP contribution in [0.4, 0.5) is 8.78 Å². The number of likely N-dealkylation sites (tertiary alicyclic amines) is 1. The van der Waals surface area contributed by atoms with E-state index in [1.54, 1.807) is 12.1 Å². The molecule has 1 aromatic carbocycles. The fraction of sp³-hybridized carbons (Fsp3) is 0.522. The standard InChI is InChI=1S/C23H29F2NO3S/c1-14-5-7-19(29-22(24)25)18(9-14)20-8-6-17(30-20)13-26-11-15(21(27)28)10-16(12-26)23(2,3)4/h5-9,15-16,22H,10-13H2,1-4H3,(H,27,28)/t15-,16?/m1/s1. The summed E-state index contributed by atoms with van der Waals surface area (Å²) in [5.41, 5.74) is 1.66. The predicted octanol–water partition coefficient (Wildman–Crippen LogP) is 5.89. The summed E-state index contributed by atoms with van der Waals surface area (Å²) in [5, 5.41) is 9.59. The van der Waals surface area contributed by atoms with E-state index in [0.29, 0.717) is 31.0 Å². The average Bonchev–Trinajstić information content (AvgIpc) is 3.10. The molecule has 164 valence electrons. The monoisotopic (exact) mass is 437 g/mol. The third kappa shape index (κ3) is 5.58. The third-order valence-electron chi connectivity index (χ3n) is 5.76. The van der Waals surface area contributed by atoms with Crippen molar-refractivity contribution >= 4 is 17.3 Å². The van der Waals surface area contributed by atoms with E-state index in [0.717, 1.165) is 21.9 Å². The van der Waals surface area contributed by atoms with Gasteiger partial charge in [0.2, 0.25) is 0 Å². The first kappa shape index (κ1) is 22.7. The lowest BCUT2D eigenvalue weighted by atomic mass is 9.73. The molecule has 3 rings (SSSR count). The number of aliphatic carboxylic acids is 1. The summed E-state index contributed by atoms with van der Waals surface area (Å²) in [6.45, 7) is 7.54. The van der Waals surface area contributed by atoms with Crippen molar-refractivity contribution in [2.45, 2.75) is 47.3 Å². The summed E-state index contributed by atoms with van der Waals surface area (Å²) >= 11 is 1.53. The zero-order chi connectivity index (χ0) is 22.1. The van der Waals surface area contributed by atoms with Crippen LogP contribution in [0, 0.1) is 24.2 Å². The molecule has 0 bridgehead atoms. The predicted molar refractivity (Wildman–Crippen MR) is 115 cm³/mol. The van der Waals surface area contributed by atoms with Gasteiger partial charge in [-0.2, -0.15) is 8.78 Å². The van der Waals surface area contributed by atoms with E-state index in [1.165, 1.54) is 11.3 Å². The molecule has 0 saturated carbocycles. The van der Waals surface area contributed by atoms with Crippen LogP contribution in [0.3, 0.4) is 0 Å². The molecular formula is C23H29F2NO3S. The number of halogens is 2. The highest BCUT2D eigenvalue weighted by Gasteiger charge is 2.37. The number of thiophene rings is 1. The lowest BCUT2D eigenvalue weighted by Crippen LogP contribution is -2.46. The maximum absolute atomic E-state index is 12.8. The van der Waals surface area contributed by atoms with Gasteiger partial charge in [-0.25, -0.2) is 0 Å². The summed E-state index contributed by atoms with van der Waals surface area (Å²) in [5.74, 6) is -0.644. The SMILES string of the molecule is Cc1ccc(OC(F)F)c(-c2ccc(CN3CC(C(C)(C)C)C[C@@H](C(=O)O)C3)s2)c1. The van der Waals surface area contributed by atoms with Gasteiger partial charge in [0.15, 0.2) is 0 Å². The maximum Gasteiger partial charge on any atom is 0.387 e. The highest BCUT2D eigenvalue weighted by atomic mass is 32.1. The van der Waals surface area contributed by atoms with Crippen LogP contribution >= 0.6 is 11.3 Å². The molecule has 4 nitrogen and oxygen atoms in total. The molecule has 0 amide bonds. The molecule has 1 aliphatic heterocycles. The number of ether oxygens (including phenoxy) is 1. The van der Waals surface area contributed by atoms with Crippen molar-refractivity contribution in [2.24, 2.45) is 17.3 Å². The molecule has 0 aliphatic carbocycles. The molecule has 1 aliphatic rings. The molecule has 2 aromatic rings. The van der Waals surface area contributed by atoms with Crippen molar-refractivity contribution in [3.63, 3.8) is 0 Å². The van der Waals surface area contributed by atoms with Crippen LogP contribution in [0.1, 0.15) is 37.6 Å². The molecule has 7 heteroatoms. The van der Waals surface area contributed by atoms with E-state index < -0.39 is 12.6 Å². The van der Waals surface area contributed by atoms with Crippen molar-refractivity contribution in [1.29, 1.82) is 0 Å². The van der Waals surface area contributed by atoms with Crippen LogP contribution in [0.2, 0.25) is 0 Å². The number of carbonyl (C=O) groups is 1. The van der Waals surface area contributed by atoms with E-state index in [9.17, 15) is 18.7 Å². The highest BCUT2D eigenvalue weighted by Crippen LogP contribution is 2.39. The number of piperidine rings is 1. The van der Waals surface area contributed by atoms with Gasteiger partial charge in [-0.15, -0.1) is 11.3 Å². The normalized spacial score (nSPS) is 20.5. The zero-order valence-electron chi connectivity index (χ0n) is 17.8. The molecule has 0 spiro atoms. The first-order valence-electron chi connectivity index (χ1n) is 10.1. The van der Waals surface area contributed by atoms with Crippen molar-refractivity contribution in [3.05, 3.63) is 40.8 Å². The third-order valence-corrected chi connectivity index (χ3v) is 6.86. The van der Waals surface area contributed by atoms with Crippen LogP contribution in [0.5, 0.6) is 5.75 Å². The van der Waals surface area contributed by atoms with Crippen molar-refractivity contribution in [1.82, 2.24) is 4.90 Å². The van der Waals surface area contributed by atoms with E-state index in [4.69, 9.17) is 4.74 Å². The van der Waals surface area contributed by atoms with E-state index in [-0.39, 0.29) is 17.1 Å². The van der Waals surface area contributed by atoms with Gasteiger partial charge in [-0.3, -0.25) is 9.69 Å². The molecule has 0 radical (unpaired) electrons. The summed E-state index contributed by atoms with van der Waals surface area (Å²) in [6, 6.07) is 9.09. The molecule has 2 atom stereocenters. The Balaban J connectivity index is 1.80. The average molecular weight is 438 g/mol. The smallest absolute Gasteiger partial charge is 0.387 e. The first-order chi connectivity index (χ1) is 14.0. The number of benzene rings is 1. The van der Waals surface area contributed by atoms with Crippen LogP contribution in [0.25, 0.3) is 10.4 Å². The highest BCUT2D eigenvalue weighted by molar-refractivity contribution is 7.15. The fourth-order valence-corrected chi connectivity index (χ4v) is 5.06. The topological polar surface area (TPSA) is 49.8 Å². The minimum absolute atomic E-state index is 0.0378. The van der Waals surface area contributed by atoms with Crippen molar-refractivity contribution in [3.8, 4) is 16.2 Å². The van der Waals surface area contributed by atoms with E-state index in [2.05, 4.69) is 25.7 Å². The minimum atomic E-state index is -2.87. The molecule has 1 unspecified atom stereocenters. The van der Waals surface area contributed by atoms with Gasteiger partial charge in [0.05, 0.1) is 5.92 Å². The lowest BCUT2D eigenvalue weighted by molar-refractivity contribution is -0.145. The first-order valence-corrected chi connectivity index (χ1v) is 10.9. The Kier molecular flexibility index (Phi) is 6.82. The number of alkyl halides is 2.